The van der Waals surface area contributed by atoms with Crippen LogP contribution in [0.3, 0.4) is 0 Å². The normalized spacial score (nSPS) is 12.6. The van der Waals surface area contributed by atoms with Crippen LogP contribution in [0, 0.1) is 0 Å². The first-order chi connectivity index (χ1) is 14.7. The highest BCUT2D eigenvalue weighted by Gasteiger charge is 2.22. The fourth-order valence-corrected chi connectivity index (χ4v) is 4.00. The van der Waals surface area contributed by atoms with Gasteiger partial charge in [-0.25, -0.2) is 0 Å². The Morgan fingerprint density at radius 3 is 1.45 bits per heavy atom. The number of hydrogen-bond acceptors (Lipinski definition) is 4. The molecule has 0 aliphatic carbocycles. The number of likely N-dealkylation sites (N-methyl/N-ethyl adjacent to an activating group) is 1. The highest BCUT2D eigenvalue weighted by atomic mass is 16.5. The van der Waals surface area contributed by atoms with E-state index in [9.17, 15) is 14.7 Å². The Kier molecular flexibility index (Phi) is 18.9. The van der Waals surface area contributed by atoms with E-state index in [1.54, 1.807) is 0 Å². The van der Waals surface area contributed by atoms with Gasteiger partial charge in [-0.3, -0.25) is 4.79 Å². The minimum atomic E-state index is -1.17. The highest BCUT2D eigenvalue weighted by Crippen LogP contribution is 2.14. The first-order valence-corrected chi connectivity index (χ1v) is 12.9. The monoisotopic (exact) mass is 441 g/mol. The topological polar surface area (TPSA) is 66.4 Å². The number of rotatable bonds is 22. The minimum absolute atomic E-state index is 0.236. The number of carboxylic acid groups (broad SMARTS) is 1. The summed E-state index contributed by atoms with van der Waals surface area (Å²) in [6.07, 6.45) is 20.3. The van der Waals surface area contributed by atoms with Crippen molar-refractivity contribution in [1.29, 1.82) is 0 Å². The Morgan fingerprint density at radius 1 is 0.710 bits per heavy atom. The van der Waals surface area contributed by atoms with Crippen LogP contribution in [0.1, 0.15) is 122 Å². The molecule has 0 unspecified atom stereocenters. The summed E-state index contributed by atoms with van der Waals surface area (Å²) >= 11 is 0. The third kappa shape index (κ3) is 23.4. The van der Waals surface area contributed by atoms with Gasteiger partial charge in [-0.2, -0.15) is 0 Å². The molecule has 0 N–H and O–H groups in total. The first kappa shape index (κ1) is 29.9. The second kappa shape index (κ2) is 19.6. The largest absolute Gasteiger partial charge is 0.550 e. The van der Waals surface area contributed by atoms with Crippen LogP contribution in [0.5, 0.6) is 0 Å². The van der Waals surface area contributed by atoms with Crippen molar-refractivity contribution in [3.63, 3.8) is 0 Å². The minimum Gasteiger partial charge on any atom is -0.550 e. The van der Waals surface area contributed by atoms with Crippen LogP contribution in [0.25, 0.3) is 0 Å². The summed E-state index contributed by atoms with van der Waals surface area (Å²) in [4.78, 5) is 22.9. The lowest BCUT2D eigenvalue weighted by atomic mass is 10.0. The van der Waals surface area contributed by atoms with Crippen molar-refractivity contribution in [1.82, 2.24) is 0 Å². The summed E-state index contributed by atoms with van der Waals surface area (Å²) < 4.78 is 5.93. The van der Waals surface area contributed by atoms with Crippen molar-refractivity contribution >= 4 is 11.9 Å². The maximum absolute atomic E-state index is 12.0. The lowest BCUT2D eigenvalue weighted by Crippen LogP contribution is -2.45. The molecule has 0 saturated carbocycles. The number of carboxylic acids is 1. The zero-order valence-electron chi connectivity index (χ0n) is 21.1. The SMILES string of the molecule is CCCCCCCCCCCCCCCCCCC(=O)O[C@H](CC(=O)[O-])C[N+](C)(C)C. The van der Waals surface area contributed by atoms with Gasteiger partial charge in [-0.05, 0) is 6.42 Å². The molecule has 0 aliphatic rings. The van der Waals surface area contributed by atoms with E-state index < -0.39 is 12.1 Å². The van der Waals surface area contributed by atoms with Crippen LogP contribution >= 0.6 is 0 Å². The molecule has 0 aromatic carbocycles. The third-order valence-electron chi connectivity index (χ3n) is 5.68. The maximum atomic E-state index is 12.0. The summed E-state index contributed by atoms with van der Waals surface area (Å²) in [6.45, 7) is 2.74. The van der Waals surface area contributed by atoms with Gasteiger partial charge in [0.15, 0.2) is 6.10 Å². The van der Waals surface area contributed by atoms with Gasteiger partial charge in [0, 0.05) is 18.8 Å². The molecule has 0 spiro atoms. The number of nitrogens with zero attached hydrogens (tertiary/aromatic N) is 1. The molecule has 0 radical (unpaired) electrons. The van der Waals surface area contributed by atoms with Crippen molar-refractivity contribution in [3.05, 3.63) is 0 Å². The molecule has 0 aromatic rings. The molecule has 184 valence electrons. The Morgan fingerprint density at radius 2 is 1.10 bits per heavy atom. The second-order valence-electron chi connectivity index (χ2n) is 10.2. The molecule has 0 rings (SSSR count). The van der Waals surface area contributed by atoms with Gasteiger partial charge in [0.25, 0.3) is 0 Å². The van der Waals surface area contributed by atoms with Crippen LogP contribution in [0.15, 0.2) is 0 Å². The zero-order valence-corrected chi connectivity index (χ0v) is 21.1. The highest BCUT2D eigenvalue weighted by molar-refractivity contribution is 5.70. The standard InChI is InChI=1S/C26H51NO4/c1-5-6-7-8-9-10-11-12-13-14-15-16-17-18-19-20-21-26(30)31-24(22-25(28)29)23-27(2,3)4/h24H,5-23H2,1-4H3/t24-/m1/s1. The van der Waals surface area contributed by atoms with E-state index in [1.807, 2.05) is 21.1 Å². The molecule has 1 atom stereocenters. The van der Waals surface area contributed by atoms with Crippen LogP contribution < -0.4 is 5.11 Å². The Bertz CT molecular complexity index is 445. The van der Waals surface area contributed by atoms with Crippen LogP contribution in [0.2, 0.25) is 0 Å². The lowest BCUT2D eigenvalue weighted by Gasteiger charge is -2.29. The number of carbonyl (C=O) groups excluding carboxylic acids is 2. The van der Waals surface area contributed by atoms with E-state index in [0.29, 0.717) is 17.4 Å². The average Bonchev–Trinajstić information content (AvgIpc) is 2.65. The summed E-state index contributed by atoms with van der Waals surface area (Å²) in [7, 11) is 5.85. The van der Waals surface area contributed by atoms with E-state index in [4.69, 9.17) is 4.74 Å². The zero-order chi connectivity index (χ0) is 23.4. The number of carbonyl (C=O) groups is 2. The summed E-state index contributed by atoms with van der Waals surface area (Å²) in [6, 6.07) is 0. The van der Waals surface area contributed by atoms with Crippen molar-refractivity contribution in [2.75, 3.05) is 27.7 Å². The smallest absolute Gasteiger partial charge is 0.306 e. The van der Waals surface area contributed by atoms with Gasteiger partial charge in [0.1, 0.15) is 6.54 Å². The Balaban J connectivity index is 3.53. The number of unbranched alkanes of at least 4 members (excludes halogenated alkanes) is 15. The molecule has 31 heavy (non-hydrogen) atoms. The molecule has 0 heterocycles. The first-order valence-electron chi connectivity index (χ1n) is 12.9. The Labute approximate surface area is 192 Å². The van der Waals surface area contributed by atoms with E-state index in [1.165, 1.54) is 83.5 Å². The number of quaternary nitrogens is 1. The van der Waals surface area contributed by atoms with Gasteiger partial charge in [-0.1, -0.05) is 103 Å². The molecular formula is C26H51NO4. The predicted octanol–water partition coefficient (Wildman–Crippen LogP) is 5.40. The van der Waals surface area contributed by atoms with Crippen molar-refractivity contribution in [3.8, 4) is 0 Å². The Hall–Kier alpha value is -1.10. The number of ether oxygens (including phenoxy) is 1. The van der Waals surface area contributed by atoms with Gasteiger partial charge >= 0.3 is 5.97 Å². The number of aliphatic carboxylic acids is 1. The van der Waals surface area contributed by atoms with Gasteiger partial charge in [0.2, 0.25) is 0 Å². The quantitative estimate of drug-likeness (QED) is 0.128. The molecule has 0 aliphatic heterocycles. The van der Waals surface area contributed by atoms with Crippen molar-refractivity contribution in [2.24, 2.45) is 0 Å². The van der Waals surface area contributed by atoms with Gasteiger partial charge in [-0.15, -0.1) is 0 Å². The molecule has 0 fully saturated rings. The fourth-order valence-electron chi connectivity index (χ4n) is 4.00. The maximum Gasteiger partial charge on any atom is 0.306 e. The molecule has 0 amide bonds. The number of esters is 1. The molecule has 5 nitrogen and oxygen atoms in total. The summed E-state index contributed by atoms with van der Waals surface area (Å²) in [5.41, 5.74) is 0. The summed E-state index contributed by atoms with van der Waals surface area (Å²) in [5.74, 6) is -1.46. The fraction of sp³-hybridized carbons (Fsp3) is 0.923. The number of hydrogen-bond donors (Lipinski definition) is 0. The average molecular weight is 442 g/mol. The molecule has 0 saturated heterocycles. The van der Waals surface area contributed by atoms with Gasteiger partial charge in [0.05, 0.1) is 21.1 Å². The van der Waals surface area contributed by atoms with Crippen LogP contribution in [-0.2, 0) is 14.3 Å². The van der Waals surface area contributed by atoms with Crippen LogP contribution in [-0.4, -0.2) is 50.2 Å². The van der Waals surface area contributed by atoms with E-state index in [0.717, 1.165) is 19.3 Å². The van der Waals surface area contributed by atoms with Gasteiger partial charge < -0.3 is 19.1 Å². The predicted molar refractivity (Wildman–Crippen MR) is 127 cm³/mol. The third-order valence-corrected chi connectivity index (χ3v) is 5.68. The van der Waals surface area contributed by atoms with E-state index in [-0.39, 0.29) is 12.4 Å². The second-order valence-corrected chi connectivity index (χ2v) is 10.2. The van der Waals surface area contributed by atoms with Crippen LogP contribution in [0.4, 0.5) is 0 Å². The summed E-state index contributed by atoms with van der Waals surface area (Å²) in [5, 5.41) is 10.9. The lowest BCUT2D eigenvalue weighted by molar-refractivity contribution is -0.873. The van der Waals surface area contributed by atoms with Crippen molar-refractivity contribution in [2.45, 2.75) is 129 Å². The molecule has 5 heteroatoms. The van der Waals surface area contributed by atoms with E-state index in [2.05, 4.69) is 6.92 Å². The molecule has 0 bridgehead atoms. The van der Waals surface area contributed by atoms with Crippen molar-refractivity contribution < 1.29 is 23.9 Å². The molecule has 0 aromatic heterocycles. The van der Waals surface area contributed by atoms with E-state index >= 15 is 0 Å². The molecular weight excluding hydrogens is 390 g/mol.